The molecule has 0 saturated carbocycles. The highest BCUT2D eigenvalue weighted by molar-refractivity contribution is 6.00. The summed E-state index contributed by atoms with van der Waals surface area (Å²) in [5.74, 6) is 1.47. The molecule has 0 aliphatic carbocycles. The molecule has 0 atom stereocenters. The topological polar surface area (TPSA) is 38.8 Å². The molecule has 0 bridgehead atoms. The molecule has 2 heterocycles. The molecule has 4 heteroatoms. The summed E-state index contributed by atoms with van der Waals surface area (Å²) in [7, 11) is 0. The van der Waals surface area contributed by atoms with E-state index in [9.17, 15) is 4.79 Å². The highest BCUT2D eigenvalue weighted by Gasteiger charge is 2.21. The van der Waals surface area contributed by atoms with Crippen molar-refractivity contribution in [2.24, 2.45) is 0 Å². The summed E-state index contributed by atoms with van der Waals surface area (Å²) in [6.45, 7) is 1.55. The highest BCUT2D eigenvalue weighted by Crippen LogP contribution is 2.33. The average Bonchev–Trinajstić information content (AvgIpc) is 3.02. The Morgan fingerprint density at radius 1 is 1.09 bits per heavy atom. The summed E-state index contributed by atoms with van der Waals surface area (Å²) in [5, 5.41) is 0. The highest BCUT2D eigenvalue weighted by atomic mass is 16.7. The van der Waals surface area contributed by atoms with Gasteiger partial charge in [0.25, 0.3) is 0 Å². The quantitative estimate of drug-likeness (QED) is 0.816. The molecule has 0 amide bonds. The van der Waals surface area contributed by atoms with Gasteiger partial charge in [0.2, 0.25) is 6.79 Å². The van der Waals surface area contributed by atoms with Gasteiger partial charge in [-0.1, -0.05) is 18.2 Å². The van der Waals surface area contributed by atoms with Gasteiger partial charge in [-0.05, 0) is 42.7 Å². The summed E-state index contributed by atoms with van der Waals surface area (Å²) >= 11 is 0. The fourth-order valence-corrected chi connectivity index (χ4v) is 3.11. The summed E-state index contributed by atoms with van der Waals surface area (Å²) in [4.78, 5) is 14.8. The maximum Gasteiger partial charge on any atom is 0.231 e. The van der Waals surface area contributed by atoms with E-state index in [0.717, 1.165) is 19.4 Å². The minimum Gasteiger partial charge on any atom is -0.454 e. The first kappa shape index (κ1) is 13.2. The van der Waals surface area contributed by atoms with E-state index >= 15 is 0 Å². The molecule has 0 fully saturated rings. The average molecular weight is 295 g/mol. The van der Waals surface area contributed by atoms with Gasteiger partial charge in [-0.25, -0.2) is 0 Å². The zero-order valence-corrected chi connectivity index (χ0v) is 12.2. The Hall–Kier alpha value is -2.49. The van der Waals surface area contributed by atoms with Crippen molar-refractivity contribution in [1.82, 2.24) is 0 Å². The molecule has 2 aromatic rings. The number of Topliss-reactive ketones (excluding diaryl/α,β-unsaturated/α-hetero) is 1. The van der Waals surface area contributed by atoms with Gasteiger partial charge in [-0.15, -0.1) is 0 Å². The predicted octanol–water partition coefficient (Wildman–Crippen LogP) is 3.05. The van der Waals surface area contributed by atoms with Gasteiger partial charge >= 0.3 is 0 Å². The minimum absolute atomic E-state index is 0.106. The number of aryl methyl sites for hydroxylation is 1. The van der Waals surface area contributed by atoms with E-state index in [1.807, 2.05) is 12.1 Å². The van der Waals surface area contributed by atoms with Gasteiger partial charge in [0.05, 0.1) is 6.54 Å². The summed E-state index contributed by atoms with van der Waals surface area (Å²) in [6, 6.07) is 13.7. The monoisotopic (exact) mass is 295 g/mol. The molecule has 2 aliphatic heterocycles. The Balaban J connectivity index is 1.55. The van der Waals surface area contributed by atoms with Crippen molar-refractivity contribution < 1.29 is 14.3 Å². The number of nitrogens with zero attached hydrogens (tertiary/aromatic N) is 1. The summed E-state index contributed by atoms with van der Waals surface area (Å²) < 4.78 is 10.6. The lowest BCUT2D eigenvalue weighted by atomic mass is 10.0. The van der Waals surface area contributed by atoms with E-state index in [1.54, 1.807) is 12.1 Å². The zero-order chi connectivity index (χ0) is 14.9. The van der Waals surface area contributed by atoms with Crippen molar-refractivity contribution in [3.05, 3.63) is 53.6 Å². The van der Waals surface area contributed by atoms with Crippen molar-refractivity contribution in [2.75, 3.05) is 24.8 Å². The second kappa shape index (κ2) is 5.37. The second-order valence-electron chi connectivity index (χ2n) is 5.65. The molecule has 2 aliphatic rings. The van der Waals surface area contributed by atoms with Crippen molar-refractivity contribution in [3.8, 4) is 11.5 Å². The molecule has 0 spiro atoms. The number of fused-ring (bicyclic) bond motifs is 2. The number of ether oxygens (including phenoxy) is 2. The number of carbonyl (C=O) groups excluding carboxylic acids is 1. The molecule has 4 rings (SSSR count). The first-order valence-electron chi connectivity index (χ1n) is 7.57. The molecule has 0 radical (unpaired) electrons. The number of benzene rings is 2. The van der Waals surface area contributed by atoms with Crippen molar-refractivity contribution in [1.29, 1.82) is 0 Å². The SMILES string of the molecule is O=C(CN1CCCc2ccccc21)c1ccc2c(c1)OCO2. The van der Waals surface area contributed by atoms with Crippen LogP contribution in [0.2, 0.25) is 0 Å². The third kappa shape index (κ3) is 2.30. The number of rotatable bonds is 3. The van der Waals surface area contributed by atoms with Crippen LogP contribution < -0.4 is 14.4 Å². The van der Waals surface area contributed by atoms with Crippen molar-refractivity contribution >= 4 is 11.5 Å². The van der Waals surface area contributed by atoms with Crippen LogP contribution in [0.4, 0.5) is 5.69 Å². The lowest BCUT2D eigenvalue weighted by molar-refractivity contribution is 0.0998. The molecular weight excluding hydrogens is 278 g/mol. The van der Waals surface area contributed by atoms with Crippen LogP contribution in [0.1, 0.15) is 22.3 Å². The Morgan fingerprint density at radius 2 is 1.95 bits per heavy atom. The number of para-hydroxylation sites is 1. The smallest absolute Gasteiger partial charge is 0.231 e. The fourth-order valence-electron chi connectivity index (χ4n) is 3.11. The molecule has 0 unspecified atom stereocenters. The third-order valence-electron chi connectivity index (χ3n) is 4.24. The van der Waals surface area contributed by atoms with E-state index in [4.69, 9.17) is 9.47 Å². The van der Waals surface area contributed by atoms with Crippen LogP contribution in [0.15, 0.2) is 42.5 Å². The van der Waals surface area contributed by atoms with Crippen LogP contribution in [0.25, 0.3) is 0 Å². The number of hydrogen-bond donors (Lipinski definition) is 0. The Labute approximate surface area is 129 Å². The molecule has 22 heavy (non-hydrogen) atoms. The third-order valence-corrected chi connectivity index (χ3v) is 4.24. The Morgan fingerprint density at radius 3 is 2.91 bits per heavy atom. The van der Waals surface area contributed by atoms with E-state index in [-0.39, 0.29) is 12.6 Å². The second-order valence-corrected chi connectivity index (χ2v) is 5.65. The lowest BCUT2D eigenvalue weighted by Gasteiger charge is -2.30. The van der Waals surface area contributed by atoms with Gasteiger partial charge in [-0.2, -0.15) is 0 Å². The van der Waals surface area contributed by atoms with Crippen LogP contribution in [0.5, 0.6) is 11.5 Å². The van der Waals surface area contributed by atoms with Gasteiger partial charge in [-0.3, -0.25) is 4.79 Å². The van der Waals surface area contributed by atoms with E-state index in [2.05, 4.69) is 23.1 Å². The van der Waals surface area contributed by atoms with Gasteiger partial charge in [0, 0.05) is 17.8 Å². The normalized spacial score (nSPS) is 15.5. The zero-order valence-electron chi connectivity index (χ0n) is 12.2. The molecule has 0 N–H and O–H groups in total. The first-order chi connectivity index (χ1) is 10.8. The van der Waals surface area contributed by atoms with E-state index < -0.39 is 0 Å². The Bertz CT molecular complexity index is 726. The first-order valence-corrected chi connectivity index (χ1v) is 7.57. The van der Waals surface area contributed by atoms with Crippen LogP contribution in [-0.2, 0) is 6.42 Å². The number of hydrogen-bond acceptors (Lipinski definition) is 4. The molecule has 0 saturated heterocycles. The summed E-state index contributed by atoms with van der Waals surface area (Å²) in [5.41, 5.74) is 3.18. The molecule has 2 aromatic carbocycles. The standard InChI is InChI=1S/C18H17NO3/c20-16(14-7-8-17-18(10-14)22-12-21-17)11-19-9-3-5-13-4-1-2-6-15(13)19/h1-2,4,6-8,10H,3,5,9,11-12H2. The van der Waals surface area contributed by atoms with Gasteiger partial charge < -0.3 is 14.4 Å². The largest absolute Gasteiger partial charge is 0.454 e. The molecule has 0 aromatic heterocycles. The molecule has 112 valence electrons. The Kier molecular flexibility index (Phi) is 3.22. The van der Waals surface area contributed by atoms with Gasteiger partial charge in [0.15, 0.2) is 17.3 Å². The van der Waals surface area contributed by atoms with Crippen molar-refractivity contribution in [2.45, 2.75) is 12.8 Å². The van der Waals surface area contributed by atoms with E-state index in [0.29, 0.717) is 23.6 Å². The number of ketones is 1. The van der Waals surface area contributed by atoms with Crippen LogP contribution >= 0.6 is 0 Å². The summed E-state index contributed by atoms with van der Waals surface area (Å²) in [6.07, 6.45) is 2.18. The van der Waals surface area contributed by atoms with Crippen LogP contribution in [0, 0.1) is 0 Å². The molecular formula is C18H17NO3. The maximum absolute atomic E-state index is 12.6. The van der Waals surface area contributed by atoms with Gasteiger partial charge in [0.1, 0.15) is 0 Å². The van der Waals surface area contributed by atoms with Crippen LogP contribution in [-0.4, -0.2) is 25.7 Å². The van der Waals surface area contributed by atoms with Crippen LogP contribution in [0.3, 0.4) is 0 Å². The minimum atomic E-state index is 0.106. The fraction of sp³-hybridized carbons (Fsp3) is 0.278. The number of carbonyl (C=O) groups is 1. The predicted molar refractivity (Wildman–Crippen MR) is 83.9 cm³/mol. The lowest BCUT2D eigenvalue weighted by Crippen LogP contribution is -2.34. The number of anilines is 1. The molecule has 4 nitrogen and oxygen atoms in total. The maximum atomic E-state index is 12.6. The van der Waals surface area contributed by atoms with Crippen molar-refractivity contribution in [3.63, 3.8) is 0 Å². The van der Waals surface area contributed by atoms with E-state index in [1.165, 1.54) is 11.3 Å².